The highest BCUT2D eigenvalue weighted by molar-refractivity contribution is 5.96. The number of piperidine rings is 3. The van der Waals surface area contributed by atoms with Crippen LogP contribution in [0, 0.1) is 11.8 Å². The number of carbonyl (C=O) groups excluding carboxylic acids is 3. The Morgan fingerprint density at radius 3 is 2.46 bits per heavy atom. The molecule has 1 aromatic rings. The second kappa shape index (κ2) is 12.6. The Balaban J connectivity index is 1.45. The lowest BCUT2D eigenvalue weighted by molar-refractivity contribution is -0.134. The van der Waals surface area contributed by atoms with Gasteiger partial charge in [-0.1, -0.05) is 6.07 Å². The van der Waals surface area contributed by atoms with Gasteiger partial charge < -0.3 is 23.8 Å². The molecule has 1 amide bonds. The van der Waals surface area contributed by atoms with Crippen LogP contribution in [0.4, 0.5) is 4.79 Å². The molecule has 1 aromatic carbocycles. The first-order chi connectivity index (χ1) is 18.6. The summed E-state index contributed by atoms with van der Waals surface area (Å²) in [6.07, 6.45) is 5.69. The van der Waals surface area contributed by atoms with Gasteiger partial charge in [-0.25, -0.2) is 9.59 Å². The molecule has 4 rings (SSSR count). The van der Waals surface area contributed by atoms with E-state index in [1.165, 1.54) is 13.5 Å². The van der Waals surface area contributed by atoms with Gasteiger partial charge in [-0.3, -0.25) is 9.69 Å². The van der Waals surface area contributed by atoms with E-state index in [2.05, 4.69) is 4.90 Å². The van der Waals surface area contributed by atoms with Crippen molar-refractivity contribution in [3.05, 3.63) is 23.8 Å². The smallest absolute Gasteiger partial charge is 0.410 e. The minimum atomic E-state index is -0.600. The molecule has 0 N–H and O–H groups in total. The summed E-state index contributed by atoms with van der Waals surface area (Å²) < 4.78 is 21.9. The zero-order chi connectivity index (χ0) is 28.2. The lowest BCUT2D eigenvalue weighted by Crippen LogP contribution is -2.65. The van der Waals surface area contributed by atoms with Crippen LogP contribution in [0.15, 0.2) is 18.2 Å². The van der Waals surface area contributed by atoms with Gasteiger partial charge in [-0.15, -0.1) is 0 Å². The van der Waals surface area contributed by atoms with Crippen LogP contribution < -0.4 is 9.47 Å². The number of hydrogen-bond acceptors (Lipinski definition) is 8. The van der Waals surface area contributed by atoms with Crippen molar-refractivity contribution in [2.24, 2.45) is 11.8 Å². The number of nitrogens with zero attached hydrogens (tertiary/aromatic N) is 2. The molecule has 4 atom stereocenters. The molecule has 0 aliphatic carbocycles. The largest absolute Gasteiger partial charge is 0.496 e. The molecule has 9 nitrogen and oxygen atoms in total. The van der Waals surface area contributed by atoms with Crippen molar-refractivity contribution in [3.8, 4) is 11.5 Å². The average Bonchev–Trinajstić information content (AvgIpc) is 2.88. The van der Waals surface area contributed by atoms with Crippen LogP contribution >= 0.6 is 0 Å². The van der Waals surface area contributed by atoms with E-state index in [-0.39, 0.29) is 42.2 Å². The van der Waals surface area contributed by atoms with Crippen molar-refractivity contribution in [1.29, 1.82) is 0 Å². The molecule has 0 spiro atoms. The molecule has 3 saturated heterocycles. The first kappa shape index (κ1) is 29.2. The Bertz CT molecular complexity index is 1030. The third-order valence-corrected chi connectivity index (χ3v) is 8.09. The summed E-state index contributed by atoms with van der Waals surface area (Å²) in [6, 6.07) is 5.37. The van der Waals surface area contributed by atoms with Crippen molar-refractivity contribution in [3.63, 3.8) is 0 Å². The lowest BCUT2D eigenvalue weighted by Gasteiger charge is -2.57. The van der Waals surface area contributed by atoms with Crippen LogP contribution in [0.5, 0.6) is 11.5 Å². The standard InChI is InChI=1S/C30H44N2O7/c1-6-37-28(34)26-23(36-5)14-8-15-24(26)38-25(33)16-7-13-22-21-12-10-18-31-17-9-11-20(27(21)31)19-32(22)29(35)39-30(2,3)4/h8,14-15,20-22,27H,6-7,9-13,16-19H2,1-5H3. The van der Waals surface area contributed by atoms with Crippen LogP contribution in [-0.2, 0) is 14.3 Å². The molecule has 0 radical (unpaired) electrons. The van der Waals surface area contributed by atoms with Crippen molar-refractivity contribution in [2.45, 2.75) is 90.3 Å². The molecular weight excluding hydrogens is 500 g/mol. The fourth-order valence-electron chi connectivity index (χ4n) is 6.70. The maximum absolute atomic E-state index is 13.4. The quantitative estimate of drug-likeness (QED) is 0.331. The van der Waals surface area contributed by atoms with E-state index < -0.39 is 17.5 Å². The van der Waals surface area contributed by atoms with Gasteiger partial charge in [-0.05, 0) is 103 Å². The summed E-state index contributed by atoms with van der Waals surface area (Å²) in [5.74, 6) is 0.213. The molecule has 216 valence electrons. The first-order valence-electron chi connectivity index (χ1n) is 14.4. The summed E-state index contributed by atoms with van der Waals surface area (Å²) in [7, 11) is 1.45. The topological polar surface area (TPSA) is 94.6 Å². The van der Waals surface area contributed by atoms with Crippen LogP contribution in [0.2, 0.25) is 0 Å². The molecular formula is C30H44N2O7. The van der Waals surface area contributed by atoms with Gasteiger partial charge in [0.15, 0.2) is 0 Å². The molecule has 0 bridgehead atoms. The summed E-state index contributed by atoms with van der Waals surface area (Å²) in [4.78, 5) is 43.4. The number of ether oxygens (including phenoxy) is 4. The molecule has 39 heavy (non-hydrogen) atoms. The third kappa shape index (κ3) is 6.86. The van der Waals surface area contributed by atoms with E-state index in [1.807, 2.05) is 25.7 Å². The van der Waals surface area contributed by atoms with Crippen LogP contribution in [0.3, 0.4) is 0 Å². The summed E-state index contributed by atoms with van der Waals surface area (Å²) in [5, 5.41) is 0. The highest BCUT2D eigenvalue weighted by atomic mass is 16.6. The Morgan fingerprint density at radius 2 is 1.77 bits per heavy atom. The Kier molecular flexibility index (Phi) is 9.41. The number of likely N-dealkylation sites (tertiary alicyclic amines) is 1. The van der Waals surface area contributed by atoms with Crippen LogP contribution in [-0.4, -0.2) is 78.9 Å². The van der Waals surface area contributed by atoms with Gasteiger partial charge in [0.25, 0.3) is 0 Å². The molecule has 3 aliphatic heterocycles. The number of amides is 1. The van der Waals surface area contributed by atoms with Crippen molar-refractivity contribution >= 4 is 18.0 Å². The highest BCUT2D eigenvalue weighted by Gasteiger charge is 2.50. The average molecular weight is 545 g/mol. The van der Waals surface area contributed by atoms with Crippen molar-refractivity contribution in [1.82, 2.24) is 9.80 Å². The number of benzene rings is 1. The molecule has 4 unspecified atom stereocenters. The molecule has 3 aliphatic rings. The fraction of sp³-hybridized carbons (Fsp3) is 0.700. The van der Waals surface area contributed by atoms with E-state index in [4.69, 9.17) is 18.9 Å². The van der Waals surface area contributed by atoms with Gasteiger partial charge in [0.2, 0.25) is 0 Å². The molecule has 3 fully saturated rings. The van der Waals surface area contributed by atoms with Gasteiger partial charge in [0.05, 0.1) is 13.7 Å². The fourth-order valence-corrected chi connectivity index (χ4v) is 6.70. The summed E-state index contributed by atoms with van der Waals surface area (Å²) >= 11 is 0. The van der Waals surface area contributed by atoms with Gasteiger partial charge in [0, 0.05) is 25.0 Å². The van der Waals surface area contributed by atoms with E-state index in [0.29, 0.717) is 37.3 Å². The Labute approximate surface area is 232 Å². The molecule has 0 saturated carbocycles. The van der Waals surface area contributed by atoms with Gasteiger partial charge in [-0.2, -0.15) is 0 Å². The summed E-state index contributed by atoms with van der Waals surface area (Å²) in [6.45, 7) is 10.6. The molecule has 3 heterocycles. The SMILES string of the molecule is CCOC(=O)c1c(OC)cccc1OC(=O)CCCC1C2CCCN3CCCC(CN1C(=O)OC(C)(C)C)C23. The number of carbonyl (C=O) groups is 3. The second-order valence-corrected chi connectivity index (χ2v) is 11.9. The van der Waals surface area contributed by atoms with Crippen molar-refractivity contribution in [2.75, 3.05) is 33.4 Å². The number of methoxy groups -OCH3 is 1. The van der Waals surface area contributed by atoms with E-state index >= 15 is 0 Å². The van der Waals surface area contributed by atoms with Crippen LogP contribution in [0.1, 0.15) is 83.0 Å². The van der Waals surface area contributed by atoms with E-state index in [1.54, 1.807) is 25.1 Å². The Hall–Kier alpha value is -2.81. The van der Waals surface area contributed by atoms with Crippen LogP contribution in [0.25, 0.3) is 0 Å². The molecule has 0 aromatic heterocycles. The monoisotopic (exact) mass is 544 g/mol. The minimum absolute atomic E-state index is 0.0155. The minimum Gasteiger partial charge on any atom is -0.496 e. The van der Waals surface area contributed by atoms with Crippen molar-refractivity contribution < 1.29 is 33.3 Å². The first-order valence-corrected chi connectivity index (χ1v) is 14.4. The number of esters is 2. The maximum Gasteiger partial charge on any atom is 0.410 e. The predicted octanol–water partition coefficient (Wildman–Crippen LogP) is 5.06. The predicted molar refractivity (Wildman–Crippen MR) is 146 cm³/mol. The van der Waals surface area contributed by atoms with E-state index in [0.717, 1.165) is 32.4 Å². The number of hydrogen-bond donors (Lipinski definition) is 0. The normalized spacial score (nSPS) is 24.9. The maximum atomic E-state index is 13.4. The third-order valence-electron chi connectivity index (χ3n) is 8.09. The zero-order valence-corrected chi connectivity index (χ0v) is 24.1. The van der Waals surface area contributed by atoms with E-state index in [9.17, 15) is 14.4 Å². The van der Waals surface area contributed by atoms with Gasteiger partial charge >= 0.3 is 18.0 Å². The zero-order valence-electron chi connectivity index (χ0n) is 24.1. The second-order valence-electron chi connectivity index (χ2n) is 11.9. The Morgan fingerprint density at radius 1 is 1.05 bits per heavy atom. The number of rotatable bonds is 8. The molecule has 9 heteroatoms. The summed E-state index contributed by atoms with van der Waals surface area (Å²) in [5.41, 5.74) is -0.467. The van der Waals surface area contributed by atoms with Gasteiger partial charge in [0.1, 0.15) is 22.7 Å². The lowest BCUT2D eigenvalue weighted by atomic mass is 9.69. The highest BCUT2D eigenvalue weighted by Crippen LogP contribution is 2.43.